The summed E-state index contributed by atoms with van der Waals surface area (Å²) in [4.78, 5) is 21.6. The van der Waals surface area contributed by atoms with E-state index in [-0.39, 0.29) is 5.54 Å². The smallest absolute Gasteiger partial charge is 0.216 e. The van der Waals surface area contributed by atoms with Crippen LogP contribution in [0, 0.1) is 0 Å². The Bertz CT molecular complexity index is 124. The van der Waals surface area contributed by atoms with Crippen molar-refractivity contribution in [3.63, 3.8) is 0 Å². The summed E-state index contributed by atoms with van der Waals surface area (Å²) < 4.78 is 0. The SMILES string of the molecule is CCC(C)(C)N(C=O)C=O. The van der Waals surface area contributed by atoms with Crippen LogP contribution in [-0.2, 0) is 9.59 Å². The Balaban J connectivity index is 4.24. The van der Waals surface area contributed by atoms with Crippen LogP contribution >= 0.6 is 0 Å². The molecule has 0 rings (SSSR count). The summed E-state index contributed by atoms with van der Waals surface area (Å²) in [5.74, 6) is 0. The molecule has 0 heterocycles. The maximum Gasteiger partial charge on any atom is 0.216 e. The van der Waals surface area contributed by atoms with Crippen LogP contribution in [0.25, 0.3) is 0 Å². The Morgan fingerprint density at radius 3 is 1.80 bits per heavy atom. The predicted molar refractivity (Wildman–Crippen MR) is 38.3 cm³/mol. The van der Waals surface area contributed by atoms with Gasteiger partial charge < -0.3 is 0 Å². The average molecular weight is 143 g/mol. The molecular formula is C7H13NO2. The first-order valence-corrected chi connectivity index (χ1v) is 3.27. The summed E-state index contributed by atoms with van der Waals surface area (Å²) in [7, 11) is 0. The fourth-order valence-electron chi connectivity index (χ4n) is 0.493. The van der Waals surface area contributed by atoms with Crippen LogP contribution in [0.2, 0.25) is 0 Å². The fourth-order valence-corrected chi connectivity index (χ4v) is 0.493. The normalized spacial score (nSPS) is 10.7. The van der Waals surface area contributed by atoms with E-state index < -0.39 is 0 Å². The minimum Gasteiger partial charge on any atom is -0.282 e. The number of rotatable bonds is 4. The molecule has 58 valence electrons. The quantitative estimate of drug-likeness (QED) is 0.545. The van der Waals surface area contributed by atoms with Gasteiger partial charge in [-0.1, -0.05) is 6.92 Å². The van der Waals surface area contributed by atoms with E-state index in [0.29, 0.717) is 12.8 Å². The van der Waals surface area contributed by atoms with E-state index >= 15 is 0 Å². The lowest BCUT2D eigenvalue weighted by atomic mass is 10.0. The Labute approximate surface area is 61.0 Å². The molecule has 3 nitrogen and oxygen atoms in total. The third-order valence-corrected chi connectivity index (χ3v) is 1.79. The second kappa shape index (κ2) is 3.34. The maximum absolute atomic E-state index is 10.2. The monoisotopic (exact) mass is 143 g/mol. The van der Waals surface area contributed by atoms with Gasteiger partial charge in [-0.05, 0) is 20.3 Å². The molecule has 0 aromatic carbocycles. The van der Waals surface area contributed by atoms with Crippen LogP contribution in [0.4, 0.5) is 0 Å². The number of carbonyl (C=O) groups excluding carboxylic acids is 2. The predicted octanol–water partition coefficient (Wildman–Crippen LogP) is 0.790. The lowest BCUT2D eigenvalue weighted by Gasteiger charge is -2.29. The number of amides is 2. The standard InChI is InChI=1S/C7H13NO2/c1-4-7(2,3)8(5-9)6-10/h5-6H,4H2,1-3H3. The van der Waals surface area contributed by atoms with Crippen LogP contribution in [-0.4, -0.2) is 23.3 Å². The Hall–Kier alpha value is -0.860. The van der Waals surface area contributed by atoms with Gasteiger partial charge in [0.2, 0.25) is 12.8 Å². The second-order valence-electron chi connectivity index (χ2n) is 2.78. The van der Waals surface area contributed by atoms with Gasteiger partial charge in [-0.3, -0.25) is 14.5 Å². The minimum absolute atomic E-state index is 0.344. The van der Waals surface area contributed by atoms with Gasteiger partial charge in [0.05, 0.1) is 0 Å². The highest BCUT2D eigenvalue weighted by Gasteiger charge is 2.22. The Morgan fingerprint density at radius 1 is 1.30 bits per heavy atom. The fraction of sp³-hybridized carbons (Fsp3) is 0.714. The van der Waals surface area contributed by atoms with Crippen LogP contribution in [0.5, 0.6) is 0 Å². The highest BCUT2D eigenvalue weighted by atomic mass is 16.2. The van der Waals surface area contributed by atoms with E-state index in [2.05, 4.69) is 0 Å². The Morgan fingerprint density at radius 2 is 1.70 bits per heavy atom. The van der Waals surface area contributed by atoms with Gasteiger partial charge in [-0.15, -0.1) is 0 Å². The first-order valence-electron chi connectivity index (χ1n) is 3.27. The largest absolute Gasteiger partial charge is 0.282 e. The molecule has 0 N–H and O–H groups in total. The van der Waals surface area contributed by atoms with Crippen molar-refractivity contribution in [2.24, 2.45) is 0 Å². The van der Waals surface area contributed by atoms with Crippen LogP contribution in [0.1, 0.15) is 27.2 Å². The number of nitrogens with zero attached hydrogens (tertiary/aromatic N) is 1. The lowest BCUT2D eigenvalue weighted by Crippen LogP contribution is -2.41. The summed E-state index contributed by atoms with van der Waals surface area (Å²) in [5, 5.41) is 0. The maximum atomic E-state index is 10.2. The molecule has 0 aliphatic heterocycles. The molecule has 0 saturated carbocycles. The second-order valence-corrected chi connectivity index (χ2v) is 2.78. The summed E-state index contributed by atoms with van der Waals surface area (Å²) in [5.41, 5.74) is -0.344. The highest BCUT2D eigenvalue weighted by Crippen LogP contribution is 2.13. The van der Waals surface area contributed by atoms with E-state index in [0.717, 1.165) is 11.3 Å². The summed E-state index contributed by atoms with van der Waals surface area (Å²) >= 11 is 0. The molecule has 0 spiro atoms. The molecule has 0 fully saturated rings. The van der Waals surface area contributed by atoms with Crippen molar-refractivity contribution in [1.82, 2.24) is 4.90 Å². The van der Waals surface area contributed by atoms with E-state index in [1.54, 1.807) is 0 Å². The Kier molecular flexibility index (Phi) is 3.06. The average Bonchev–Trinajstić information content (AvgIpc) is 1.90. The molecular weight excluding hydrogens is 130 g/mol. The third kappa shape index (κ3) is 1.83. The van der Waals surface area contributed by atoms with Gasteiger partial charge in [0.15, 0.2) is 0 Å². The van der Waals surface area contributed by atoms with Crippen molar-refractivity contribution < 1.29 is 9.59 Å². The van der Waals surface area contributed by atoms with Gasteiger partial charge in [0.1, 0.15) is 0 Å². The van der Waals surface area contributed by atoms with E-state index in [4.69, 9.17) is 0 Å². The van der Waals surface area contributed by atoms with Crippen molar-refractivity contribution in [2.75, 3.05) is 0 Å². The topological polar surface area (TPSA) is 37.4 Å². The molecule has 3 heteroatoms. The number of carbonyl (C=O) groups is 2. The number of imide groups is 1. The number of hydrogen-bond acceptors (Lipinski definition) is 2. The molecule has 0 aromatic rings. The molecule has 0 unspecified atom stereocenters. The van der Waals surface area contributed by atoms with Crippen molar-refractivity contribution in [2.45, 2.75) is 32.7 Å². The molecule has 0 bridgehead atoms. The zero-order valence-electron chi connectivity index (χ0n) is 6.63. The highest BCUT2D eigenvalue weighted by molar-refractivity contribution is 5.69. The first kappa shape index (κ1) is 9.14. The van der Waals surface area contributed by atoms with Crippen molar-refractivity contribution in [3.8, 4) is 0 Å². The molecule has 0 aliphatic rings. The zero-order valence-corrected chi connectivity index (χ0v) is 6.63. The zero-order chi connectivity index (χ0) is 8.20. The first-order chi connectivity index (χ1) is 4.58. The van der Waals surface area contributed by atoms with E-state index in [1.165, 1.54) is 0 Å². The lowest BCUT2D eigenvalue weighted by molar-refractivity contribution is -0.134. The van der Waals surface area contributed by atoms with Gasteiger partial charge in [0, 0.05) is 5.54 Å². The van der Waals surface area contributed by atoms with Crippen LogP contribution in [0.3, 0.4) is 0 Å². The molecule has 0 aromatic heterocycles. The molecule has 0 radical (unpaired) electrons. The number of hydrogen-bond donors (Lipinski definition) is 0. The summed E-state index contributed by atoms with van der Waals surface area (Å²) in [6, 6.07) is 0. The van der Waals surface area contributed by atoms with Gasteiger partial charge >= 0.3 is 0 Å². The van der Waals surface area contributed by atoms with Gasteiger partial charge in [-0.25, -0.2) is 0 Å². The van der Waals surface area contributed by atoms with Crippen molar-refractivity contribution in [1.29, 1.82) is 0 Å². The molecule has 0 aliphatic carbocycles. The summed E-state index contributed by atoms with van der Waals surface area (Å²) in [6.07, 6.45) is 1.87. The van der Waals surface area contributed by atoms with E-state index in [1.807, 2.05) is 20.8 Å². The van der Waals surface area contributed by atoms with Crippen LogP contribution in [0.15, 0.2) is 0 Å². The molecule has 2 amide bonds. The third-order valence-electron chi connectivity index (χ3n) is 1.79. The van der Waals surface area contributed by atoms with Crippen molar-refractivity contribution in [3.05, 3.63) is 0 Å². The summed E-state index contributed by atoms with van der Waals surface area (Å²) in [6.45, 7) is 5.62. The molecule has 0 saturated heterocycles. The molecule has 10 heavy (non-hydrogen) atoms. The van der Waals surface area contributed by atoms with Crippen molar-refractivity contribution >= 4 is 12.8 Å². The molecule has 0 atom stereocenters. The van der Waals surface area contributed by atoms with E-state index in [9.17, 15) is 9.59 Å². The van der Waals surface area contributed by atoms with Gasteiger partial charge in [-0.2, -0.15) is 0 Å². The van der Waals surface area contributed by atoms with Crippen LogP contribution < -0.4 is 0 Å². The van der Waals surface area contributed by atoms with Gasteiger partial charge in [0.25, 0.3) is 0 Å². The minimum atomic E-state index is -0.344.